The SMILES string of the molecule is CN(C)C(=O)c1ccc(Nc2ncc(-c3nnnn3C)c(N[C@H](CO)c3ccccc3)n2)cc1Cl. The fourth-order valence-electron chi connectivity index (χ4n) is 3.39. The first-order valence-corrected chi connectivity index (χ1v) is 11.1. The largest absolute Gasteiger partial charge is 0.394 e. The Bertz CT molecular complexity index is 1330. The Balaban J connectivity index is 1.67. The number of hydrogen-bond donors (Lipinski definition) is 3. The fourth-order valence-corrected chi connectivity index (χ4v) is 3.66. The van der Waals surface area contributed by atoms with Gasteiger partial charge in [0.1, 0.15) is 5.82 Å². The lowest BCUT2D eigenvalue weighted by molar-refractivity contribution is 0.0828. The van der Waals surface area contributed by atoms with Crippen LogP contribution in [0.3, 0.4) is 0 Å². The van der Waals surface area contributed by atoms with Gasteiger partial charge in [-0.25, -0.2) is 9.67 Å². The lowest BCUT2D eigenvalue weighted by Crippen LogP contribution is -2.22. The number of benzene rings is 2. The van der Waals surface area contributed by atoms with Gasteiger partial charge in [0.05, 0.1) is 28.8 Å². The van der Waals surface area contributed by atoms with Gasteiger partial charge < -0.3 is 20.6 Å². The van der Waals surface area contributed by atoms with Crippen molar-refractivity contribution in [2.75, 3.05) is 31.3 Å². The van der Waals surface area contributed by atoms with Gasteiger partial charge in [-0.3, -0.25) is 4.79 Å². The minimum Gasteiger partial charge on any atom is -0.394 e. The molecule has 12 heteroatoms. The van der Waals surface area contributed by atoms with Crippen molar-refractivity contribution in [1.29, 1.82) is 0 Å². The zero-order valence-electron chi connectivity index (χ0n) is 19.3. The second-order valence-electron chi connectivity index (χ2n) is 7.89. The number of aliphatic hydroxyl groups excluding tert-OH is 1. The molecule has 4 aromatic rings. The number of hydrogen-bond acceptors (Lipinski definition) is 9. The van der Waals surface area contributed by atoms with Crippen molar-refractivity contribution < 1.29 is 9.90 Å². The van der Waals surface area contributed by atoms with E-state index in [-0.39, 0.29) is 18.5 Å². The molecule has 0 fully saturated rings. The molecule has 1 amide bonds. The summed E-state index contributed by atoms with van der Waals surface area (Å²) in [6.45, 7) is -0.162. The summed E-state index contributed by atoms with van der Waals surface area (Å²) >= 11 is 6.34. The Morgan fingerprint density at radius 2 is 1.97 bits per heavy atom. The smallest absolute Gasteiger partial charge is 0.254 e. The topological polar surface area (TPSA) is 134 Å². The number of amides is 1. The molecular formula is C23H24ClN9O2. The van der Waals surface area contributed by atoms with Gasteiger partial charge in [-0.05, 0) is 34.2 Å². The van der Waals surface area contributed by atoms with E-state index >= 15 is 0 Å². The maximum Gasteiger partial charge on any atom is 0.254 e. The Morgan fingerprint density at radius 1 is 1.20 bits per heavy atom. The fraction of sp³-hybridized carbons (Fsp3) is 0.217. The van der Waals surface area contributed by atoms with Crippen LogP contribution in [0.15, 0.2) is 54.7 Å². The van der Waals surface area contributed by atoms with Crippen LogP contribution in [0.4, 0.5) is 17.5 Å². The summed E-state index contributed by atoms with van der Waals surface area (Å²) in [5.74, 6) is 0.966. The van der Waals surface area contributed by atoms with E-state index < -0.39 is 6.04 Å². The van der Waals surface area contributed by atoms with E-state index in [0.29, 0.717) is 33.5 Å². The standard InChI is InChI=1S/C23H24ClN9O2/c1-32(2)22(35)16-10-9-15(11-18(16)24)26-23-25-12-17(21-29-30-31-33(21)3)20(28-23)27-19(13-34)14-7-5-4-6-8-14/h4-12,19,34H,13H2,1-3H3,(H2,25,26,27,28)/t19-/m1/s1. The molecule has 11 nitrogen and oxygen atoms in total. The summed E-state index contributed by atoms with van der Waals surface area (Å²) in [7, 11) is 5.04. The predicted molar refractivity (Wildman–Crippen MR) is 132 cm³/mol. The van der Waals surface area contributed by atoms with Crippen molar-refractivity contribution in [3.63, 3.8) is 0 Å². The lowest BCUT2D eigenvalue weighted by Gasteiger charge is -2.19. The zero-order chi connectivity index (χ0) is 24.9. The molecule has 2 aromatic heterocycles. The van der Waals surface area contributed by atoms with Crippen LogP contribution < -0.4 is 10.6 Å². The summed E-state index contributed by atoms with van der Waals surface area (Å²) < 4.78 is 1.51. The Kier molecular flexibility index (Phi) is 7.18. The number of rotatable bonds is 8. The van der Waals surface area contributed by atoms with Crippen LogP contribution in [0.5, 0.6) is 0 Å². The molecule has 0 saturated heterocycles. The van der Waals surface area contributed by atoms with Gasteiger partial charge in [0.25, 0.3) is 5.91 Å². The highest BCUT2D eigenvalue weighted by molar-refractivity contribution is 6.34. The van der Waals surface area contributed by atoms with E-state index in [1.807, 2.05) is 30.3 Å². The van der Waals surface area contributed by atoms with E-state index in [0.717, 1.165) is 5.56 Å². The van der Waals surface area contributed by atoms with Gasteiger partial charge in [-0.1, -0.05) is 41.9 Å². The second-order valence-corrected chi connectivity index (χ2v) is 8.30. The third kappa shape index (κ3) is 5.36. The van der Waals surface area contributed by atoms with E-state index in [1.165, 1.54) is 9.58 Å². The number of carbonyl (C=O) groups is 1. The van der Waals surface area contributed by atoms with Crippen LogP contribution in [-0.2, 0) is 7.05 Å². The number of aromatic nitrogens is 6. The van der Waals surface area contributed by atoms with Crippen molar-refractivity contribution in [3.05, 3.63) is 70.9 Å². The van der Waals surface area contributed by atoms with Crippen molar-refractivity contribution in [2.45, 2.75) is 6.04 Å². The molecule has 0 saturated carbocycles. The summed E-state index contributed by atoms with van der Waals surface area (Å²) in [6, 6.07) is 14.1. The average molecular weight is 494 g/mol. The van der Waals surface area contributed by atoms with Crippen LogP contribution in [0.25, 0.3) is 11.4 Å². The molecule has 2 heterocycles. The summed E-state index contributed by atoms with van der Waals surface area (Å²) in [5.41, 5.74) is 2.44. The van der Waals surface area contributed by atoms with Crippen molar-refractivity contribution >= 4 is 35.0 Å². The van der Waals surface area contributed by atoms with Gasteiger partial charge in [0, 0.05) is 33.0 Å². The number of halogens is 1. The number of nitrogens with one attached hydrogen (secondary N) is 2. The predicted octanol–water partition coefficient (Wildman–Crippen LogP) is 2.91. The first kappa shape index (κ1) is 24.0. The molecule has 180 valence electrons. The van der Waals surface area contributed by atoms with Gasteiger partial charge in [-0.15, -0.1) is 5.10 Å². The zero-order valence-corrected chi connectivity index (χ0v) is 20.1. The minimum absolute atomic E-state index is 0.162. The highest BCUT2D eigenvalue weighted by Gasteiger charge is 2.19. The van der Waals surface area contributed by atoms with Gasteiger partial charge >= 0.3 is 0 Å². The molecule has 3 N–H and O–H groups in total. The van der Waals surface area contributed by atoms with Crippen LogP contribution in [0.2, 0.25) is 5.02 Å². The molecule has 0 spiro atoms. The molecular weight excluding hydrogens is 470 g/mol. The molecule has 1 atom stereocenters. The van der Waals surface area contributed by atoms with Crippen LogP contribution in [0, 0.1) is 0 Å². The lowest BCUT2D eigenvalue weighted by atomic mass is 10.1. The minimum atomic E-state index is -0.426. The molecule has 2 aromatic carbocycles. The van der Waals surface area contributed by atoms with E-state index in [4.69, 9.17) is 11.6 Å². The normalized spacial score (nSPS) is 11.7. The van der Waals surface area contributed by atoms with E-state index in [9.17, 15) is 9.90 Å². The molecule has 0 aliphatic heterocycles. The summed E-state index contributed by atoms with van der Waals surface area (Å²) in [6.07, 6.45) is 1.59. The van der Waals surface area contributed by atoms with Crippen LogP contribution in [0.1, 0.15) is 22.0 Å². The van der Waals surface area contributed by atoms with Crippen LogP contribution in [-0.4, -0.2) is 66.8 Å². The third-order valence-electron chi connectivity index (χ3n) is 5.21. The maximum absolute atomic E-state index is 12.3. The molecule has 0 unspecified atom stereocenters. The number of tetrazole rings is 1. The quantitative estimate of drug-likeness (QED) is 0.338. The Morgan fingerprint density at radius 3 is 2.60 bits per heavy atom. The molecule has 0 aliphatic rings. The first-order chi connectivity index (χ1) is 16.9. The van der Waals surface area contributed by atoms with Crippen LogP contribution >= 0.6 is 11.6 Å². The van der Waals surface area contributed by atoms with Crippen molar-refractivity contribution in [2.24, 2.45) is 7.05 Å². The maximum atomic E-state index is 12.3. The van der Waals surface area contributed by atoms with E-state index in [1.54, 1.807) is 45.5 Å². The number of aryl methyl sites for hydroxylation is 1. The third-order valence-corrected chi connectivity index (χ3v) is 5.52. The Hall–Kier alpha value is -4.09. The number of aliphatic hydroxyl groups is 1. The first-order valence-electron chi connectivity index (χ1n) is 10.7. The van der Waals surface area contributed by atoms with E-state index in [2.05, 4.69) is 36.1 Å². The highest BCUT2D eigenvalue weighted by Crippen LogP contribution is 2.29. The molecule has 4 rings (SSSR count). The monoisotopic (exact) mass is 493 g/mol. The summed E-state index contributed by atoms with van der Waals surface area (Å²) in [5, 5.41) is 28.4. The molecule has 0 radical (unpaired) electrons. The molecule has 35 heavy (non-hydrogen) atoms. The Labute approximate surface area is 206 Å². The average Bonchev–Trinajstić information content (AvgIpc) is 3.28. The number of anilines is 3. The number of nitrogens with zero attached hydrogens (tertiary/aromatic N) is 7. The summed E-state index contributed by atoms with van der Waals surface area (Å²) in [4.78, 5) is 22.7. The second kappa shape index (κ2) is 10.5. The molecule has 0 bridgehead atoms. The highest BCUT2D eigenvalue weighted by atomic mass is 35.5. The van der Waals surface area contributed by atoms with Crippen molar-refractivity contribution in [1.82, 2.24) is 35.1 Å². The van der Waals surface area contributed by atoms with Gasteiger partial charge in [-0.2, -0.15) is 4.98 Å². The molecule has 0 aliphatic carbocycles. The number of carbonyl (C=O) groups excluding carboxylic acids is 1. The van der Waals surface area contributed by atoms with Gasteiger partial charge in [0.2, 0.25) is 5.95 Å². The van der Waals surface area contributed by atoms with Gasteiger partial charge in [0.15, 0.2) is 5.82 Å². The van der Waals surface area contributed by atoms with Crippen molar-refractivity contribution in [3.8, 4) is 11.4 Å².